The van der Waals surface area contributed by atoms with Gasteiger partial charge in [-0.3, -0.25) is 14.9 Å². The summed E-state index contributed by atoms with van der Waals surface area (Å²) in [4.78, 5) is 26.5. The Balaban J connectivity index is 2.09. The van der Waals surface area contributed by atoms with Crippen molar-refractivity contribution >= 4 is 17.3 Å². The van der Waals surface area contributed by atoms with Crippen LogP contribution < -0.4 is 4.90 Å². The third-order valence-electron chi connectivity index (χ3n) is 4.44. The van der Waals surface area contributed by atoms with Gasteiger partial charge in [0, 0.05) is 44.2 Å². The maximum absolute atomic E-state index is 13.5. The van der Waals surface area contributed by atoms with Crippen LogP contribution in [0.25, 0.3) is 0 Å². The molecule has 7 heteroatoms. The Morgan fingerprint density at radius 3 is 2.52 bits per heavy atom. The van der Waals surface area contributed by atoms with E-state index in [1.54, 1.807) is 16.8 Å². The molecule has 1 aromatic rings. The number of nitrogens with zero attached hydrogens (tertiary/aromatic N) is 3. The van der Waals surface area contributed by atoms with E-state index in [9.17, 15) is 19.3 Å². The molecule has 0 aliphatic carbocycles. The number of benzene rings is 1. The molecule has 1 aliphatic heterocycles. The second kappa shape index (κ2) is 6.93. The average molecular weight is 323 g/mol. The van der Waals surface area contributed by atoms with Crippen LogP contribution in [-0.2, 0) is 4.79 Å². The van der Waals surface area contributed by atoms with Gasteiger partial charge in [0.05, 0.1) is 4.92 Å². The van der Waals surface area contributed by atoms with E-state index in [1.165, 1.54) is 12.1 Å². The summed E-state index contributed by atoms with van der Waals surface area (Å²) in [7, 11) is 1.79. The SMILES string of the molecule is CC(C)N(C)C(=O)C1CCN(c2cc(F)ccc2[N+](=O)[O-])CC1. The number of rotatable bonds is 4. The molecule has 0 atom stereocenters. The molecule has 0 aromatic heterocycles. The molecule has 0 unspecified atom stereocenters. The number of nitro groups is 1. The van der Waals surface area contributed by atoms with Gasteiger partial charge in [0.15, 0.2) is 0 Å². The Morgan fingerprint density at radius 2 is 2.00 bits per heavy atom. The Bertz CT molecular complexity index is 598. The maximum atomic E-state index is 13.5. The number of hydrogen-bond donors (Lipinski definition) is 0. The minimum absolute atomic E-state index is 0.0775. The summed E-state index contributed by atoms with van der Waals surface area (Å²) in [5.41, 5.74) is 0.189. The number of nitro benzene ring substituents is 1. The van der Waals surface area contributed by atoms with Gasteiger partial charge in [-0.2, -0.15) is 0 Å². The lowest BCUT2D eigenvalue weighted by atomic mass is 9.94. The van der Waals surface area contributed by atoms with E-state index in [2.05, 4.69) is 0 Å². The molecule has 1 heterocycles. The Hall–Kier alpha value is -2.18. The molecule has 1 aliphatic rings. The third-order valence-corrected chi connectivity index (χ3v) is 4.44. The summed E-state index contributed by atoms with van der Waals surface area (Å²) in [6.45, 7) is 4.94. The fraction of sp³-hybridized carbons (Fsp3) is 0.562. The fourth-order valence-electron chi connectivity index (χ4n) is 2.81. The predicted octanol–water partition coefficient (Wildman–Crippen LogP) is 2.82. The molecule has 1 saturated heterocycles. The van der Waals surface area contributed by atoms with Gasteiger partial charge in [0.25, 0.3) is 5.69 Å². The first-order chi connectivity index (χ1) is 10.8. The summed E-state index contributed by atoms with van der Waals surface area (Å²) >= 11 is 0. The molecule has 1 amide bonds. The van der Waals surface area contributed by atoms with Crippen molar-refractivity contribution in [1.82, 2.24) is 4.90 Å². The van der Waals surface area contributed by atoms with Gasteiger partial charge in [-0.1, -0.05) is 0 Å². The Kier molecular flexibility index (Phi) is 5.18. The van der Waals surface area contributed by atoms with Crippen LogP contribution in [0.5, 0.6) is 0 Å². The van der Waals surface area contributed by atoms with E-state index in [1.807, 2.05) is 13.8 Å². The lowest BCUT2D eigenvalue weighted by Gasteiger charge is -2.35. The minimum atomic E-state index is -0.501. The molecule has 0 radical (unpaired) electrons. The van der Waals surface area contributed by atoms with Crippen molar-refractivity contribution in [2.24, 2.45) is 5.92 Å². The minimum Gasteiger partial charge on any atom is -0.366 e. The zero-order valence-corrected chi connectivity index (χ0v) is 13.7. The van der Waals surface area contributed by atoms with Crippen LogP contribution in [0, 0.1) is 21.8 Å². The molecular weight excluding hydrogens is 301 g/mol. The van der Waals surface area contributed by atoms with Crippen LogP contribution in [0.15, 0.2) is 18.2 Å². The predicted molar refractivity (Wildman–Crippen MR) is 85.9 cm³/mol. The summed E-state index contributed by atoms with van der Waals surface area (Å²) in [5.74, 6) is -0.469. The quantitative estimate of drug-likeness (QED) is 0.631. The zero-order chi connectivity index (χ0) is 17.1. The number of carbonyl (C=O) groups is 1. The monoisotopic (exact) mass is 323 g/mol. The van der Waals surface area contributed by atoms with Crippen molar-refractivity contribution in [3.8, 4) is 0 Å². The molecule has 2 rings (SSSR count). The van der Waals surface area contributed by atoms with E-state index < -0.39 is 10.7 Å². The molecule has 0 bridgehead atoms. The van der Waals surface area contributed by atoms with E-state index in [0.717, 1.165) is 6.07 Å². The summed E-state index contributed by atoms with van der Waals surface area (Å²) < 4.78 is 13.5. The first-order valence-corrected chi connectivity index (χ1v) is 7.76. The van der Waals surface area contributed by atoms with E-state index in [-0.39, 0.29) is 29.2 Å². The van der Waals surface area contributed by atoms with Crippen LogP contribution in [0.1, 0.15) is 26.7 Å². The molecule has 23 heavy (non-hydrogen) atoms. The first kappa shape index (κ1) is 17.2. The van der Waals surface area contributed by atoms with Crippen molar-refractivity contribution in [2.45, 2.75) is 32.7 Å². The van der Waals surface area contributed by atoms with Gasteiger partial charge in [0.2, 0.25) is 5.91 Å². The lowest BCUT2D eigenvalue weighted by molar-refractivity contribution is -0.384. The fourth-order valence-corrected chi connectivity index (χ4v) is 2.81. The highest BCUT2D eigenvalue weighted by molar-refractivity contribution is 5.79. The smallest absolute Gasteiger partial charge is 0.292 e. The van der Waals surface area contributed by atoms with Gasteiger partial charge in [-0.25, -0.2) is 4.39 Å². The number of piperidine rings is 1. The number of carbonyl (C=O) groups excluding carboxylic acids is 1. The van der Waals surface area contributed by atoms with Crippen molar-refractivity contribution in [1.29, 1.82) is 0 Å². The van der Waals surface area contributed by atoms with Crippen LogP contribution in [-0.4, -0.2) is 41.9 Å². The van der Waals surface area contributed by atoms with Crippen LogP contribution in [0.4, 0.5) is 15.8 Å². The van der Waals surface area contributed by atoms with E-state index >= 15 is 0 Å². The molecule has 0 spiro atoms. The van der Waals surface area contributed by atoms with Crippen LogP contribution in [0.3, 0.4) is 0 Å². The molecule has 126 valence electrons. The molecule has 0 saturated carbocycles. The number of hydrogen-bond acceptors (Lipinski definition) is 4. The van der Waals surface area contributed by atoms with E-state index in [4.69, 9.17) is 0 Å². The van der Waals surface area contributed by atoms with Gasteiger partial charge in [-0.15, -0.1) is 0 Å². The third kappa shape index (κ3) is 3.78. The van der Waals surface area contributed by atoms with Gasteiger partial charge >= 0.3 is 0 Å². The van der Waals surface area contributed by atoms with Gasteiger partial charge in [-0.05, 0) is 32.8 Å². The highest BCUT2D eigenvalue weighted by Gasteiger charge is 2.30. The molecule has 6 nitrogen and oxygen atoms in total. The average Bonchev–Trinajstić information content (AvgIpc) is 2.53. The van der Waals surface area contributed by atoms with Crippen molar-refractivity contribution in [3.05, 3.63) is 34.1 Å². The first-order valence-electron chi connectivity index (χ1n) is 7.76. The highest BCUT2D eigenvalue weighted by Crippen LogP contribution is 2.32. The topological polar surface area (TPSA) is 66.7 Å². The highest BCUT2D eigenvalue weighted by atomic mass is 19.1. The Morgan fingerprint density at radius 1 is 1.39 bits per heavy atom. The normalized spacial score (nSPS) is 15.8. The molecule has 0 N–H and O–H groups in total. The standard InChI is InChI=1S/C16H22FN3O3/c1-11(2)18(3)16(21)12-6-8-19(9-7-12)15-10-13(17)4-5-14(15)20(22)23/h4-5,10-12H,6-9H2,1-3H3. The second-order valence-electron chi connectivity index (χ2n) is 6.19. The van der Waals surface area contributed by atoms with Crippen molar-refractivity contribution in [2.75, 3.05) is 25.0 Å². The van der Waals surface area contributed by atoms with E-state index in [0.29, 0.717) is 25.9 Å². The number of anilines is 1. The molecule has 1 fully saturated rings. The number of amides is 1. The Labute approximate surface area is 135 Å². The van der Waals surface area contributed by atoms with Gasteiger partial charge in [0.1, 0.15) is 11.5 Å². The zero-order valence-electron chi connectivity index (χ0n) is 13.7. The summed E-state index contributed by atoms with van der Waals surface area (Å²) in [6.07, 6.45) is 1.23. The summed E-state index contributed by atoms with van der Waals surface area (Å²) in [5, 5.41) is 11.1. The van der Waals surface area contributed by atoms with Crippen LogP contribution >= 0.6 is 0 Å². The number of halogens is 1. The van der Waals surface area contributed by atoms with Crippen molar-refractivity contribution in [3.63, 3.8) is 0 Å². The van der Waals surface area contributed by atoms with Gasteiger partial charge < -0.3 is 9.80 Å². The van der Waals surface area contributed by atoms with Crippen LogP contribution in [0.2, 0.25) is 0 Å². The lowest BCUT2D eigenvalue weighted by Crippen LogP contribution is -2.43. The van der Waals surface area contributed by atoms with Crippen molar-refractivity contribution < 1.29 is 14.1 Å². The summed E-state index contributed by atoms with van der Waals surface area (Å²) in [6, 6.07) is 3.62. The maximum Gasteiger partial charge on any atom is 0.292 e. The second-order valence-corrected chi connectivity index (χ2v) is 6.19. The molecular formula is C16H22FN3O3. The molecule has 1 aromatic carbocycles. The largest absolute Gasteiger partial charge is 0.366 e.